The number of benzene rings is 1. The van der Waals surface area contributed by atoms with E-state index in [1.807, 2.05) is 11.2 Å². The molecule has 0 bridgehead atoms. The van der Waals surface area contributed by atoms with Gasteiger partial charge in [0.1, 0.15) is 12.2 Å². The molecule has 0 unspecified atom stereocenters. The number of nitrogens with one attached hydrogen (secondary N) is 1. The molecular weight excluding hydrogens is 326 g/mol. The fourth-order valence-corrected chi connectivity index (χ4v) is 3.44. The van der Waals surface area contributed by atoms with Crippen molar-refractivity contribution in [2.24, 2.45) is 5.92 Å². The molecule has 0 spiro atoms. The lowest BCUT2D eigenvalue weighted by Crippen LogP contribution is -2.44. The van der Waals surface area contributed by atoms with Crippen LogP contribution >= 0.6 is 0 Å². The first-order valence-corrected chi connectivity index (χ1v) is 9.49. The molecule has 26 heavy (non-hydrogen) atoms. The number of carbonyl (C=O) groups is 1. The number of carbonyl (C=O) groups excluding carboxylic acids is 1. The van der Waals surface area contributed by atoms with Crippen molar-refractivity contribution in [2.45, 2.75) is 52.6 Å². The van der Waals surface area contributed by atoms with Crippen molar-refractivity contribution in [3.05, 3.63) is 47.5 Å². The molecule has 0 atom stereocenters. The number of aryl methyl sites for hydroxylation is 1. The maximum Gasteiger partial charge on any atom is 0.317 e. The second-order valence-electron chi connectivity index (χ2n) is 7.53. The minimum absolute atomic E-state index is 0.0365. The van der Waals surface area contributed by atoms with E-state index in [1.165, 1.54) is 5.56 Å². The standard InChI is InChI=1S/C20H29N5O/c1-15(2)25-14-22-23-19(25)12-17-8-10-24(11-9-17)20(26)21-13-18-6-4-16(3)5-7-18/h4-7,14-15,17H,8-13H2,1-3H3,(H,21,26). The Hall–Kier alpha value is -2.37. The van der Waals surface area contributed by atoms with E-state index in [9.17, 15) is 4.79 Å². The van der Waals surface area contributed by atoms with Crippen LogP contribution in [0.5, 0.6) is 0 Å². The number of aromatic nitrogens is 3. The molecule has 0 aliphatic carbocycles. The number of likely N-dealkylation sites (tertiary alicyclic amines) is 1. The highest BCUT2D eigenvalue weighted by molar-refractivity contribution is 5.74. The van der Waals surface area contributed by atoms with Crippen LogP contribution in [-0.2, 0) is 13.0 Å². The van der Waals surface area contributed by atoms with Crippen molar-refractivity contribution in [3.8, 4) is 0 Å². The van der Waals surface area contributed by atoms with Crippen LogP contribution in [0.3, 0.4) is 0 Å². The molecule has 1 saturated heterocycles. The first-order chi connectivity index (χ1) is 12.5. The minimum atomic E-state index is 0.0365. The molecule has 2 aromatic rings. The van der Waals surface area contributed by atoms with Gasteiger partial charge in [-0.15, -0.1) is 10.2 Å². The lowest BCUT2D eigenvalue weighted by atomic mass is 9.93. The number of piperidine rings is 1. The molecule has 1 N–H and O–H groups in total. The third-order valence-corrected chi connectivity index (χ3v) is 5.14. The normalized spacial score (nSPS) is 15.5. The molecule has 140 valence electrons. The fraction of sp³-hybridized carbons (Fsp3) is 0.550. The van der Waals surface area contributed by atoms with Gasteiger partial charge in [-0.05, 0) is 45.1 Å². The van der Waals surface area contributed by atoms with Crippen molar-refractivity contribution >= 4 is 6.03 Å². The fourth-order valence-electron chi connectivity index (χ4n) is 3.44. The summed E-state index contributed by atoms with van der Waals surface area (Å²) in [6, 6.07) is 8.69. The molecular formula is C20H29N5O. The van der Waals surface area contributed by atoms with Gasteiger partial charge in [0, 0.05) is 32.1 Å². The summed E-state index contributed by atoms with van der Waals surface area (Å²) in [5.74, 6) is 1.63. The smallest absolute Gasteiger partial charge is 0.317 e. The van der Waals surface area contributed by atoms with Crippen LogP contribution in [0.1, 0.15) is 49.7 Å². The number of urea groups is 1. The summed E-state index contributed by atoms with van der Waals surface area (Å²) in [5, 5.41) is 11.4. The quantitative estimate of drug-likeness (QED) is 0.895. The average molecular weight is 355 g/mol. The summed E-state index contributed by atoms with van der Waals surface area (Å²) in [5.41, 5.74) is 2.36. The van der Waals surface area contributed by atoms with Crippen LogP contribution in [-0.4, -0.2) is 38.8 Å². The molecule has 1 aliphatic heterocycles. The van der Waals surface area contributed by atoms with E-state index in [2.05, 4.69) is 65.1 Å². The van der Waals surface area contributed by atoms with E-state index >= 15 is 0 Å². The van der Waals surface area contributed by atoms with Crippen molar-refractivity contribution in [1.82, 2.24) is 25.0 Å². The number of rotatable bonds is 5. The van der Waals surface area contributed by atoms with Gasteiger partial charge >= 0.3 is 6.03 Å². The summed E-state index contributed by atoms with van der Waals surface area (Å²) in [6.45, 7) is 8.55. The van der Waals surface area contributed by atoms with E-state index in [1.54, 1.807) is 0 Å². The van der Waals surface area contributed by atoms with Crippen LogP contribution in [0.2, 0.25) is 0 Å². The number of amides is 2. The Bertz CT molecular complexity index is 714. The van der Waals surface area contributed by atoms with E-state index < -0.39 is 0 Å². The zero-order valence-electron chi connectivity index (χ0n) is 16.0. The van der Waals surface area contributed by atoms with Crippen LogP contribution < -0.4 is 5.32 Å². The molecule has 1 fully saturated rings. The highest BCUT2D eigenvalue weighted by Crippen LogP contribution is 2.22. The van der Waals surface area contributed by atoms with Crippen LogP contribution in [0.4, 0.5) is 4.79 Å². The molecule has 2 heterocycles. The Kier molecular flexibility index (Phi) is 5.91. The number of hydrogen-bond donors (Lipinski definition) is 1. The second kappa shape index (κ2) is 8.34. The van der Waals surface area contributed by atoms with E-state index in [0.717, 1.165) is 43.7 Å². The summed E-state index contributed by atoms with van der Waals surface area (Å²) in [7, 11) is 0. The maximum atomic E-state index is 12.4. The lowest BCUT2D eigenvalue weighted by Gasteiger charge is -2.32. The van der Waals surface area contributed by atoms with Crippen LogP contribution in [0, 0.1) is 12.8 Å². The van der Waals surface area contributed by atoms with Crippen molar-refractivity contribution < 1.29 is 4.79 Å². The van der Waals surface area contributed by atoms with Crippen molar-refractivity contribution in [3.63, 3.8) is 0 Å². The summed E-state index contributed by atoms with van der Waals surface area (Å²) >= 11 is 0. The topological polar surface area (TPSA) is 63.1 Å². The molecule has 6 nitrogen and oxygen atoms in total. The van der Waals surface area contributed by atoms with E-state index in [-0.39, 0.29) is 6.03 Å². The maximum absolute atomic E-state index is 12.4. The Labute approximate surface area is 155 Å². The highest BCUT2D eigenvalue weighted by atomic mass is 16.2. The predicted octanol–water partition coefficient (Wildman–Crippen LogP) is 3.33. The first-order valence-electron chi connectivity index (χ1n) is 9.49. The third-order valence-electron chi connectivity index (χ3n) is 5.14. The van der Waals surface area contributed by atoms with Gasteiger partial charge in [0.25, 0.3) is 0 Å². The van der Waals surface area contributed by atoms with Gasteiger partial charge < -0.3 is 14.8 Å². The van der Waals surface area contributed by atoms with Gasteiger partial charge in [-0.2, -0.15) is 0 Å². The Morgan fingerprint density at radius 3 is 2.58 bits per heavy atom. The Morgan fingerprint density at radius 1 is 1.23 bits per heavy atom. The molecule has 3 rings (SSSR count). The largest absolute Gasteiger partial charge is 0.334 e. The average Bonchev–Trinajstić information content (AvgIpc) is 3.10. The Balaban J connectivity index is 1.45. The number of nitrogens with zero attached hydrogens (tertiary/aromatic N) is 4. The second-order valence-corrected chi connectivity index (χ2v) is 7.53. The molecule has 1 aliphatic rings. The van der Waals surface area contributed by atoms with Crippen molar-refractivity contribution in [2.75, 3.05) is 13.1 Å². The molecule has 1 aromatic carbocycles. The molecule has 0 radical (unpaired) electrons. The summed E-state index contributed by atoms with van der Waals surface area (Å²) < 4.78 is 2.14. The third kappa shape index (κ3) is 4.62. The lowest BCUT2D eigenvalue weighted by molar-refractivity contribution is 0.169. The van der Waals surface area contributed by atoms with Gasteiger partial charge in [-0.3, -0.25) is 0 Å². The van der Waals surface area contributed by atoms with E-state index in [0.29, 0.717) is 18.5 Å². The first kappa shape index (κ1) is 18.4. The SMILES string of the molecule is Cc1ccc(CNC(=O)N2CCC(Cc3nncn3C(C)C)CC2)cc1. The zero-order valence-corrected chi connectivity index (χ0v) is 16.0. The summed E-state index contributed by atoms with van der Waals surface area (Å²) in [4.78, 5) is 14.3. The number of hydrogen-bond acceptors (Lipinski definition) is 3. The van der Waals surface area contributed by atoms with Gasteiger partial charge in [-0.1, -0.05) is 29.8 Å². The van der Waals surface area contributed by atoms with Crippen LogP contribution in [0.25, 0.3) is 0 Å². The van der Waals surface area contributed by atoms with Gasteiger partial charge in [0.15, 0.2) is 0 Å². The molecule has 1 aromatic heterocycles. The molecule has 6 heteroatoms. The summed E-state index contributed by atoms with van der Waals surface area (Å²) in [6.07, 6.45) is 4.79. The van der Waals surface area contributed by atoms with Gasteiger partial charge in [0.05, 0.1) is 0 Å². The molecule has 0 saturated carbocycles. The minimum Gasteiger partial charge on any atom is -0.334 e. The monoisotopic (exact) mass is 355 g/mol. The van der Waals surface area contributed by atoms with Gasteiger partial charge in [0.2, 0.25) is 0 Å². The Morgan fingerprint density at radius 2 is 1.92 bits per heavy atom. The van der Waals surface area contributed by atoms with Crippen molar-refractivity contribution in [1.29, 1.82) is 0 Å². The van der Waals surface area contributed by atoms with E-state index in [4.69, 9.17) is 0 Å². The van der Waals surface area contributed by atoms with Gasteiger partial charge in [-0.25, -0.2) is 4.79 Å². The highest BCUT2D eigenvalue weighted by Gasteiger charge is 2.24. The molecule has 2 amide bonds. The predicted molar refractivity (Wildman–Crippen MR) is 102 cm³/mol. The zero-order chi connectivity index (χ0) is 18.5. The van der Waals surface area contributed by atoms with Crippen LogP contribution in [0.15, 0.2) is 30.6 Å².